The van der Waals surface area contributed by atoms with Crippen molar-refractivity contribution in [2.75, 3.05) is 14.2 Å². The molecule has 0 fully saturated rings. The molecule has 128 valence electrons. The number of methoxy groups -OCH3 is 2. The maximum absolute atomic E-state index is 11.5. The van der Waals surface area contributed by atoms with E-state index in [1.54, 1.807) is 42.0 Å². The van der Waals surface area contributed by atoms with E-state index in [2.05, 4.69) is 15.2 Å². The molecule has 2 aromatic heterocycles. The van der Waals surface area contributed by atoms with Gasteiger partial charge in [0.05, 0.1) is 14.2 Å². The van der Waals surface area contributed by atoms with Crippen LogP contribution in [0.25, 0.3) is 5.65 Å². The summed E-state index contributed by atoms with van der Waals surface area (Å²) in [5, 5.41) is 17.7. The summed E-state index contributed by atoms with van der Waals surface area (Å²) in [7, 11) is 3.06. The van der Waals surface area contributed by atoms with Gasteiger partial charge in [0, 0.05) is 12.3 Å². The van der Waals surface area contributed by atoms with Crippen molar-refractivity contribution in [2.45, 2.75) is 6.92 Å². The van der Waals surface area contributed by atoms with Gasteiger partial charge < -0.3 is 14.6 Å². The van der Waals surface area contributed by atoms with Crippen LogP contribution in [0.3, 0.4) is 0 Å². The summed E-state index contributed by atoms with van der Waals surface area (Å²) >= 11 is 0. The highest BCUT2D eigenvalue weighted by atomic mass is 16.5. The third-order valence-corrected chi connectivity index (χ3v) is 3.66. The van der Waals surface area contributed by atoms with Gasteiger partial charge in [-0.05, 0) is 30.7 Å². The lowest BCUT2D eigenvalue weighted by Crippen LogP contribution is -1.96. The fraction of sp³-hybridized carbons (Fsp3) is 0.176. The number of pyridine rings is 1. The second-order valence-electron chi connectivity index (χ2n) is 5.21. The summed E-state index contributed by atoms with van der Waals surface area (Å²) in [4.78, 5) is 15.7. The first-order chi connectivity index (χ1) is 12.0. The number of rotatable bonds is 5. The van der Waals surface area contributed by atoms with Gasteiger partial charge in [0.1, 0.15) is 22.8 Å². The summed E-state index contributed by atoms with van der Waals surface area (Å²) < 4.78 is 12.0. The zero-order valence-corrected chi connectivity index (χ0v) is 13.9. The number of fused-ring (bicyclic) bond motifs is 1. The maximum atomic E-state index is 11.5. The average molecular weight is 340 g/mol. The van der Waals surface area contributed by atoms with Crippen LogP contribution in [0.2, 0.25) is 0 Å². The number of carbonyl (C=O) groups is 1. The molecule has 0 aliphatic heterocycles. The van der Waals surface area contributed by atoms with Gasteiger partial charge >= 0.3 is 5.97 Å². The number of benzene rings is 1. The van der Waals surface area contributed by atoms with E-state index in [1.807, 2.05) is 13.0 Å². The number of aryl methyl sites for hydroxylation is 1. The molecule has 25 heavy (non-hydrogen) atoms. The Kier molecular flexibility index (Phi) is 4.34. The molecule has 0 bridgehead atoms. The van der Waals surface area contributed by atoms with Crippen molar-refractivity contribution in [3.05, 3.63) is 47.8 Å². The Morgan fingerprint density at radius 1 is 1.20 bits per heavy atom. The molecule has 0 radical (unpaired) electrons. The Morgan fingerprint density at radius 2 is 2.00 bits per heavy atom. The van der Waals surface area contributed by atoms with Crippen LogP contribution >= 0.6 is 0 Å². The van der Waals surface area contributed by atoms with Gasteiger partial charge in [0.25, 0.3) is 0 Å². The Balaban J connectivity index is 2.15. The second-order valence-corrected chi connectivity index (χ2v) is 5.21. The molecule has 1 aromatic carbocycles. The van der Waals surface area contributed by atoms with Crippen molar-refractivity contribution < 1.29 is 19.4 Å². The van der Waals surface area contributed by atoms with Gasteiger partial charge in [0.2, 0.25) is 0 Å². The van der Waals surface area contributed by atoms with Crippen LogP contribution < -0.4 is 9.47 Å². The van der Waals surface area contributed by atoms with Crippen molar-refractivity contribution in [3.63, 3.8) is 0 Å². The predicted octanol–water partition coefficient (Wildman–Crippen LogP) is 3.77. The number of hydrogen-bond acceptors (Lipinski definition) is 6. The van der Waals surface area contributed by atoms with Crippen LogP contribution in [0.1, 0.15) is 16.1 Å². The summed E-state index contributed by atoms with van der Waals surface area (Å²) in [5.41, 5.74) is 1.61. The number of carboxylic acids is 1. The van der Waals surface area contributed by atoms with Gasteiger partial charge in [-0.1, -0.05) is 6.07 Å². The first kappa shape index (κ1) is 16.4. The lowest BCUT2D eigenvalue weighted by atomic mass is 10.3. The first-order valence-corrected chi connectivity index (χ1v) is 7.40. The minimum absolute atomic E-state index is 0.135. The third kappa shape index (κ3) is 3.01. The largest absolute Gasteiger partial charge is 0.497 e. The van der Waals surface area contributed by atoms with E-state index < -0.39 is 5.97 Å². The van der Waals surface area contributed by atoms with E-state index in [-0.39, 0.29) is 11.5 Å². The Morgan fingerprint density at radius 3 is 2.68 bits per heavy atom. The van der Waals surface area contributed by atoms with Crippen LogP contribution in [0.4, 0.5) is 11.5 Å². The SMILES string of the molecule is COc1ccc(OC)c(N=Nc2c(C(=O)O)nc3c(C)cccn23)c1. The fourth-order valence-electron chi connectivity index (χ4n) is 2.41. The minimum Gasteiger partial charge on any atom is -0.497 e. The monoisotopic (exact) mass is 340 g/mol. The molecule has 0 amide bonds. The molecule has 2 heterocycles. The number of ether oxygens (including phenoxy) is 2. The lowest BCUT2D eigenvalue weighted by molar-refractivity contribution is 0.0692. The number of aromatic nitrogens is 2. The standard InChI is InChI=1S/C17H16N4O4/c1-10-5-4-8-21-15(10)18-14(17(22)23)16(21)20-19-12-9-11(24-2)6-7-13(12)25-3/h4-9H,1-3H3,(H,22,23). The van der Waals surface area contributed by atoms with Crippen molar-refractivity contribution in [3.8, 4) is 11.5 Å². The molecular formula is C17H16N4O4. The summed E-state index contributed by atoms with van der Waals surface area (Å²) in [6.45, 7) is 1.85. The number of carboxylic acid groups (broad SMARTS) is 1. The Hall–Kier alpha value is -3.42. The number of azo groups is 1. The molecule has 0 aliphatic carbocycles. The normalized spacial score (nSPS) is 11.2. The van der Waals surface area contributed by atoms with Crippen LogP contribution in [0, 0.1) is 6.92 Å². The van der Waals surface area contributed by atoms with Crippen LogP contribution in [0.15, 0.2) is 46.8 Å². The van der Waals surface area contributed by atoms with Gasteiger partial charge in [0.15, 0.2) is 11.5 Å². The maximum Gasteiger partial charge on any atom is 0.358 e. The highest BCUT2D eigenvalue weighted by molar-refractivity contribution is 5.92. The summed E-state index contributed by atoms with van der Waals surface area (Å²) in [6, 6.07) is 8.72. The van der Waals surface area contributed by atoms with Gasteiger partial charge in [-0.15, -0.1) is 10.2 Å². The molecule has 0 saturated carbocycles. The zero-order valence-electron chi connectivity index (χ0n) is 13.9. The van der Waals surface area contributed by atoms with Crippen LogP contribution in [-0.4, -0.2) is 34.7 Å². The predicted molar refractivity (Wildman–Crippen MR) is 90.6 cm³/mol. The molecule has 8 heteroatoms. The van der Waals surface area contributed by atoms with E-state index in [0.717, 1.165) is 5.56 Å². The van der Waals surface area contributed by atoms with Crippen molar-refractivity contribution >= 4 is 23.1 Å². The number of hydrogen-bond donors (Lipinski definition) is 1. The fourth-order valence-corrected chi connectivity index (χ4v) is 2.41. The molecule has 0 atom stereocenters. The second kappa shape index (κ2) is 6.60. The Labute approximate surface area is 143 Å². The van der Waals surface area contributed by atoms with E-state index in [4.69, 9.17) is 9.47 Å². The molecular weight excluding hydrogens is 324 g/mol. The first-order valence-electron chi connectivity index (χ1n) is 7.40. The number of imidazole rings is 1. The molecule has 0 aliphatic rings. The minimum atomic E-state index is -1.17. The van der Waals surface area contributed by atoms with E-state index in [1.165, 1.54) is 7.11 Å². The smallest absolute Gasteiger partial charge is 0.358 e. The van der Waals surface area contributed by atoms with E-state index in [0.29, 0.717) is 22.8 Å². The van der Waals surface area contributed by atoms with Crippen LogP contribution in [-0.2, 0) is 0 Å². The highest BCUT2D eigenvalue weighted by Crippen LogP contribution is 2.33. The zero-order chi connectivity index (χ0) is 18.0. The number of aromatic carboxylic acids is 1. The third-order valence-electron chi connectivity index (χ3n) is 3.66. The number of nitrogens with zero attached hydrogens (tertiary/aromatic N) is 4. The molecule has 3 rings (SSSR count). The van der Waals surface area contributed by atoms with Gasteiger partial charge in [-0.25, -0.2) is 9.78 Å². The van der Waals surface area contributed by atoms with Crippen molar-refractivity contribution in [1.82, 2.24) is 9.38 Å². The van der Waals surface area contributed by atoms with Gasteiger partial charge in [-0.2, -0.15) is 0 Å². The molecule has 0 spiro atoms. The van der Waals surface area contributed by atoms with Gasteiger partial charge in [-0.3, -0.25) is 4.40 Å². The van der Waals surface area contributed by atoms with Crippen LogP contribution in [0.5, 0.6) is 11.5 Å². The molecule has 0 unspecified atom stereocenters. The molecule has 8 nitrogen and oxygen atoms in total. The summed E-state index contributed by atoms with van der Waals surface area (Å²) in [5.74, 6) is 0.0411. The highest BCUT2D eigenvalue weighted by Gasteiger charge is 2.19. The molecule has 1 N–H and O–H groups in total. The molecule has 0 saturated heterocycles. The lowest BCUT2D eigenvalue weighted by Gasteiger charge is -2.05. The van der Waals surface area contributed by atoms with Crippen molar-refractivity contribution in [1.29, 1.82) is 0 Å². The topological polar surface area (TPSA) is 97.8 Å². The average Bonchev–Trinajstić information content (AvgIpc) is 3.00. The molecule has 3 aromatic rings. The van der Waals surface area contributed by atoms with E-state index >= 15 is 0 Å². The summed E-state index contributed by atoms with van der Waals surface area (Å²) in [6.07, 6.45) is 1.69. The van der Waals surface area contributed by atoms with Crippen molar-refractivity contribution in [2.24, 2.45) is 10.2 Å². The Bertz CT molecular complexity index is 978. The quantitative estimate of drug-likeness (QED) is 0.713. The van der Waals surface area contributed by atoms with E-state index in [9.17, 15) is 9.90 Å².